The molecule has 1 rings (SSSR count). The van der Waals surface area contributed by atoms with Gasteiger partial charge in [0.1, 0.15) is 0 Å². The third kappa shape index (κ3) is 5.25. The number of piperidine rings is 1. The molecular formula is C12H23F3N2. The van der Waals surface area contributed by atoms with E-state index in [0.29, 0.717) is 0 Å². The van der Waals surface area contributed by atoms with Gasteiger partial charge in [0.05, 0.1) is 6.42 Å². The lowest BCUT2D eigenvalue weighted by atomic mass is 9.76. The molecule has 0 radical (unpaired) electrons. The van der Waals surface area contributed by atoms with E-state index in [-0.39, 0.29) is 12.0 Å². The van der Waals surface area contributed by atoms with Crippen LogP contribution < -0.4 is 5.32 Å². The van der Waals surface area contributed by atoms with Crippen molar-refractivity contribution in [2.45, 2.75) is 38.8 Å². The molecule has 0 atom stereocenters. The topological polar surface area (TPSA) is 15.3 Å². The lowest BCUT2D eigenvalue weighted by Gasteiger charge is -2.40. The zero-order valence-corrected chi connectivity index (χ0v) is 10.7. The Bertz CT molecular complexity index is 222. The third-order valence-electron chi connectivity index (χ3n) is 3.80. The first-order chi connectivity index (χ1) is 7.87. The van der Waals surface area contributed by atoms with Gasteiger partial charge in [-0.15, -0.1) is 0 Å². The fourth-order valence-corrected chi connectivity index (χ4v) is 2.55. The molecule has 102 valence electrons. The summed E-state index contributed by atoms with van der Waals surface area (Å²) in [6, 6.07) is 0. The molecule has 5 heteroatoms. The van der Waals surface area contributed by atoms with E-state index in [9.17, 15) is 13.2 Å². The second-order valence-electron chi connectivity index (χ2n) is 5.21. The predicted molar refractivity (Wildman–Crippen MR) is 63.0 cm³/mol. The maximum absolute atomic E-state index is 12.1. The summed E-state index contributed by atoms with van der Waals surface area (Å²) in [4.78, 5) is 1.84. The smallest absolute Gasteiger partial charge is 0.317 e. The van der Waals surface area contributed by atoms with E-state index in [2.05, 4.69) is 12.2 Å². The SMILES string of the molecule is CCC1(CN(C)CCC(F)(F)F)CCNCC1. The summed E-state index contributed by atoms with van der Waals surface area (Å²) in [7, 11) is 1.80. The van der Waals surface area contributed by atoms with Gasteiger partial charge in [0, 0.05) is 13.1 Å². The summed E-state index contributed by atoms with van der Waals surface area (Å²) in [6.45, 7) is 5.00. The molecule has 0 spiro atoms. The lowest BCUT2D eigenvalue weighted by Crippen LogP contribution is -2.44. The quantitative estimate of drug-likeness (QED) is 0.809. The fraction of sp³-hybridized carbons (Fsp3) is 1.00. The standard InChI is InChI=1S/C12H23F3N2/c1-3-11(4-7-16-8-5-11)10-17(2)9-6-12(13,14)15/h16H,3-10H2,1-2H3. The average molecular weight is 252 g/mol. The van der Waals surface area contributed by atoms with Crippen LogP contribution in [0.15, 0.2) is 0 Å². The second kappa shape index (κ2) is 6.05. The van der Waals surface area contributed by atoms with E-state index in [4.69, 9.17) is 0 Å². The van der Waals surface area contributed by atoms with E-state index >= 15 is 0 Å². The highest BCUT2D eigenvalue weighted by molar-refractivity contribution is 4.85. The zero-order valence-electron chi connectivity index (χ0n) is 10.7. The Morgan fingerprint density at radius 1 is 1.24 bits per heavy atom. The van der Waals surface area contributed by atoms with E-state index in [1.165, 1.54) is 0 Å². The minimum absolute atomic E-state index is 0.110. The van der Waals surface area contributed by atoms with Gasteiger partial charge in [0.25, 0.3) is 0 Å². The largest absolute Gasteiger partial charge is 0.390 e. The Kier molecular flexibility index (Phi) is 5.25. The molecule has 0 saturated carbocycles. The molecule has 0 aliphatic carbocycles. The first-order valence-corrected chi connectivity index (χ1v) is 6.33. The maximum atomic E-state index is 12.1. The van der Waals surface area contributed by atoms with Crippen molar-refractivity contribution in [3.05, 3.63) is 0 Å². The highest BCUT2D eigenvalue weighted by Gasteiger charge is 2.33. The molecule has 1 N–H and O–H groups in total. The Hall–Kier alpha value is -0.290. The highest BCUT2D eigenvalue weighted by atomic mass is 19.4. The van der Waals surface area contributed by atoms with Gasteiger partial charge >= 0.3 is 6.18 Å². The molecule has 1 aliphatic heterocycles. The van der Waals surface area contributed by atoms with Crippen LogP contribution in [-0.2, 0) is 0 Å². The van der Waals surface area contributed by atoms with Gasteiger partial charge in [0.2, 0.25) is 0 Å². The Morgan fingerprint density at radius 2 is 1.82 bits per heavy atom. The molecule has 0 aromatic heterocycles. The molecule has 0 bridgehead atoms. The van der Waals surface area contributed by atoms with E-state index in [0.717, 1.165) is 38.9 Å². The Morgan fingerprint density at radius 3 is 2.29 bits per heavy atom. The van der Waals surface area contributed by atoms with Crippen molar-refractivity contribution >= 4 is 0 Å². The maximum Gasteiger partial charge on any atom is 0.390 e. The van der Waals surface area contributed by atoms with Crippen molar-refractivity contribution in [3.8, 4) is 0 Å². The van der Waals surface area contributed by atoms with Crippen LogP contribution in [0.2, 0.25) is 0 Å². The summed E-state index contributed by atoms with van der Waals surface area (Å²) < 4.78 is 36.4. The minimum Gasteiger partial charge on any atom is -0.317 e. The van der Waals surface area contributed by atoms with Crippen molar-refractivity contribution in [2.75, 3.05) is 33.2 Å². The van der Waals surface area contributed by atoms with Crippen molar-refractivity contribution in [3.63, 3.8) is 0 Å². The summed E-state index contributed by atoms with van der Waals surface area (Å²) >= 11 is 0. The van der Waals surface area contributed by atoms with E-state index in [1.54, 1.807) is 7.05 Å². The van der Waals surface area contributed by atoms with Crippen LogP contribution in [0.25, 0.3) is 0 Å². The summed E-state index contributed by atoms with van der Waals surface area (Å²) in [5.41, 5.74) is 0.214. The van der Waals surface area contributed by atoms with Crippen LogP contribution in [0.4, 0.5) is 13.2 Å². The average Bonchev–Trinajstić information content (AvgIpc) is 2.27. The molecule has 0 aromatic carbocycles. The van der Waals surface area contributed by atoms with Crippen LogP contribution in [0, 0.1) is 5.41 Å². The van der Waals surface area contributed by atoms with Crippen molar-refractivity contribution in [1.29, 1.82) is 0 Å². The molecule has 1 fully saturated rings. The first-order valence-electron chi connectivity index (χ1n) is 6.33. The van der Waals surface area contributed by atoms with E-state index < -0.39 is 12.6 Å². The van der Waals surface area contributed by atoms with Gasteiger partial charge < -0.3 is 10.2 Å². The highest BCUT2D eigenvalue weighted by Crippen LogP contribution is 2.33. The van der Waals surface area contributed by atoms with Crippen LogP contribution in [0.3, 0.4) is 0 Å². The fourth-order valence-electron chi connectivity index (χ4n) is 2.55. The van der Waals surface area contributed by atoms with Crippen LogP contribution in [0.5, 0.6) is 0 Å². The van der Waals surface area contributed by atoms with Crippen LogP contribution in [-0.4, -0.2) is 44.3 Å². The number of nitrogens with zero attached hydrogens (tertiary/aromatic N) is 1. The van der Waals surface area contributed by atoms with Gasteiger partial charge in [-0.2, -0.15) is 13.2 Å². The zero-order chi connectivity index (χ0) is 12.9. The van der Waals surface area contributed by atoms with Gasteiger partial charge in [-0.1, -0.05) is 6.92 Å². The van der Waals surface area contributed by atoms with Gasteiger partial charge in [-0.3, -0.25) is 0 Å². The second-order valence-corrected chi connectivity index (χ2v) is 5.21. The normalized spacial score (nSPS) is 20.8. The third-order valence-corrected chi connectivity index (χ3v) is 3.80. The minimum atomic E-state index is -4.04. The predicted octanol–water partition coefficient (Wildman–Crippen LogP) is 2.65. The first kappa shape index (κ1) is 14.8. The summed E-state index contributed by atoms with van der Waals surface area (Å²) in [5, 5.41) is 3.30. The van der Waals surface area contributed by atoms with Gasteiger partial charge in [0.15, 0.2) is 0 Å². The summed E-state index contributed by atoms with van der Waals surface area (Å²) in [5.74, 6) is 0. The van der Waals surface area contributed by atoms with E-state index in [1.807, 2.05) is 4.90 Å². The van der Waals surface area contributed by atoms with Gasteiger partial charge in [-0.05, 0) is 44.8 Å². The molecule has 0 unspecified atom stereocenters. The molecule has 1 aliphatic rings. The van der Waals surface area contributed by atoms with Crippen LogP contribution >= 0.6 is 0 Å². The molecular weight excluding hydrogens is 229 g/mol. The monoisotopic (exact) mass is 252 g/mol. The lowest BCUT2D eigenvalue weighted by molar-refractivity contribution is -0.138. The number of hydrogen-bond donors (Lipinski definition) is 1. The van der Waals surface area contributed by atoms with Crippen molar-refractivity contribution in [2.24, 2.45) is 5.41 Å². The molecule has 2 nitrogen and oxygen atoms in total. The number of nitrogens with one attached hydrogen (secondary N) is 1. The number of rotatable bonds is 5. The van der Waals surface area contributed by atoms with Crippen LogP contribution in [0.1, 0.15) is 32.6 Å². The summed E-state index contributed by atoms with van der Waals surface area (Å²) in [6.07, 6.45) is -1.56. The molecule has 0 aromatic rings. The molecule has 0 amide bonds. The molecule has 1 heterocycles. The Balaban J connectivity index is 2.39. The number of alkyl halides is 3. The van der Waals surface area contributed by atoms with Crippen molar-refractivity contribution in [1.82, 2.24) is 10.2 Å². The van der Waals surface area contributed by atoms with Gasteiger partial charge in [-0.25, -0.2) is 0 Å². The van der Waals surface area contributed by atoms with Crippen molar-refractivity contribution < 1.29 is 13.2 Å². The number of halogens is 3. The molecule has 1 saturated heterocycles. The Labute approximate surface area is 102 Å². The molecule has 17 heavy (non-hydrogen) atoms. The number of hydrogen-bond acceptors (Lipinski definition) is 2.